The van der Waals surface area contributed by atoms with Crippen molar-refractivity contribution in [1.82, 2.24) is 0 Å². The quantitative estimate of drug-likeness (QED) is 0.612. The van der Waals surface area contributed by atoms with Gasteiger partial charge in [-0.15, -0.1) is 0 Å². The molecule has 0 unspecified atom stereocenters. The largest absolute Gasteiger partial charge is 0.299 e. The van der Waals surface area contributed by atoms with Gasteiger partial charge < -0.3 is 0 Å². The first-order chi connectivity index (χ1) is 11.1. The molecule has 4 rings (SSSR count). The molecule has 2 fully saturated rings. The van der Waals surface area contributed by atoms with Crippen molar-refractivity contribution in [3.05, 3.63) is 34.4 Å². The maximum absolute atomic E-state index is 12.6. The molecule has 0 bridgehead atoms. The van der Waals surface area contributed by atoms with Crippen LogP contribution in [0.1, 0.15) is 75.6 Å². The summed E-state index contributed by atoms with van der Waals surface area (Å²) in [6.45, 7) is 14.0. The van der Waals surface area contributed by atoms with Crippen molar-refractivity contribution in [2.24, 2.45) is 22.7 Å². The van der Waals surface area contributed by atoms with Crippen LogP contribution in [-0.4, -0.2) is 5.78 Å². The van der Waals surface area contributed by atoms with Crippen LogP contribution in [0.25, 0.3) is 0 Å². The standard InChI is InChI=1S/C23H32O/c1-14-11-15(2)20-16(12-14)13-18-22(5)10-8-19(24)21(3,4)17(22)7-9-23(18,20)6/h11-12,17-18H,7-10,13H2,1-6H3/t17-,18+,22-,23+/m1/s1. The number of hydrogen-bond acceptors (Lipinski definition) is 1. The lowest BCUT2D eigenvalue weighted by molar-refractivity contribution is -0.151. The molecule has 2 saturated carbocycles. The van der Waals surface area contributed by atoms with Gasteiger partial charge in [0.15, 0.2) is 0 Å². The van der Waals surface area contributed by atoms with E-state index in [0.29, 0.717) is 28.4 Å². The Morgan fingerprint density at radius 2 is 1.71 bits per heavy atom. The average molecular weight is 325 g/mol. The highest BCUT2D eigenvalue weighted by Crippen LogP contribution is 2.67. The highest BCUT2D eigenvalue weighted by Gasteiger charge is 2.62. The fraction of sp³-hybridized carbons (Fsp3) is 0.696. The Hall–Kier alpha value is -1.11. The first kappa shape index (κ1) is 16.4. The minimum absolute atomic E-state index is 0.145. The van der Waals surface area contributed by atoms with Gasteiger partial charge in [-0.2, -0.15) is 0 Å². The average Bonchev–Trinajstić information content (AvgIpc) is 2.77. The second-order valence-corrected chi connectivity index (χ2v) is 10.0. The molecule has 1 aromatic rings. The van der Waals surface area contributed by atoms with Crippen molar-refractivity contribution in [2.45, 2.75) is 79.1 Å². The summed E-state index contributed by atoms with van der Waals surface area (Å²) >= 11 is 0. The van der Waals surface area contributed by atoms with E-state index in [2.05, 4.69) is 53.7 Å². The maximum Gasteiger partial charge on any atom is 0.138 e. The highest BCUT2D eigenvalue weighted by molar-refractivity contribution is 5.85. The molecule has 0 aliphatic heterocycles. The molecule has 24 heavy (non-hydrogen) atoms. The second kappa shape index (κ2) is 4.74. The lowest BCUT2D eigenvalue weighted by atomic mass is 9.43. The maximum atomic E-state index is 12.6. The van der Waals surface area contributed by atoms with Gasteiger partial charge in [-0.3, -0.25) is 4.79 Å². The number of carbonyl (C=O) groups is 1. The van der Waals surface area contributed by atoms with Crippen LogP contribution in [0.15, 0.2) is 12.1 Å². The van der Waals surface area contributed by atoms with E-state index in [1.807, 2.05) is 0 Å². The van der Waals surface area contributed by atoms with E-state index in [9.17, 15) is 4.79 Å². The third-order valence-electron chi connectivity index (χ3n) is 8.35. The van der Waals surface area contributed by atoms with Gasteiger partial charge in [-0.1, -0.05) is 45.4 Å². The van der Waals surface area contributed by atoms with Gasteiger partial charge in [0.1, 0.15) is 5.78 Å². The van der Waals surface area contributed by atoms with E-state index in [4.69, 9.17) is 0 Å². The van der Waals surface area contributed by atoms with Gasteiger partial charge >= 0.3 is 0 Å². The second-order valence-electron chi connectivity index (χ2n) is 10.0. The Kier molecular flexibility index (Phi) is 3.23. The normalized spacial score (nSPS) is 40.0. The third kappa shape index (κ3) is 1.85. The van der Waals surface area contributed by atoms with E-state index in [1.165, 1.54) is 30.4 Å². The number of Topliss-reactive ketones (excluding diaryl/α,β-unsaturated/α-hetero) is 1. The zero-order valence-corrected chi connectivity index (χ0v) is 16.3. The molecule has 1 aromatic carbocycles. The molecule has 3 aliphatic rings. The summed E-state index contributed by atoms with van der Waals surface area (Å²) in [6.07, 6.45) is 5.53. The number of rotatable bonds is 0. The highest BCUT2D eigenvalue weighted by atomic mass is 16.1. The summed E-state index contributed by atoms with van der Waals surface area (Å²) < 4.78 is 0. The van der Waals surface area contributed by atoms with Crippen LogP contribution in [0.3, 0.4) is 0 Å². The predicted molar refractivity (Wildman–Crippen MR) is 99.3 cm³/mol. The molecule has 130 valence electrons. The van der Waals surface area contributed by atoms with Crippen LogP contribution in [0.2, 0.25) is 0 Å². The number of hydrogen-bond donors (Lipinski definition) is 0. The van der Waals surface area contributed by atoms with Gasteiger partial charge in [0, 0.05) is 11.8 Å². The van der Waals surface area contributed by atoms with Crippen LogP contribution < -0.4 is 0 Å². The van der Waals surface area contributed by atoms with Crippen molar-refractivity contribution >= 4 is 5.78 Å². The van der Waals surface area contributed by atoms with E-state index in [-0.39, 0.29) is 5.41 Å². The van der Waals surface area contributed by atoms with E-state index < -0.39 is 0 Å². The molecule has 4 atom stereocenters. The summed E-state index contributed by atoms with van der Waals surface area (Å²) in [6, 6.07) is 4.80. The summed E-state index contributed by atoms with van der Waals surface area (Å²) in [5.74, 6) is 1.72. The molecular formula is C23H32O. The summed E-state index contributed by atoms with van der Waals surface area (Å²) in [5.41, 5.74) is 6.58. The first-order valence-electron chi connectivity index (χ1n) is 9.74. The molecular weight excluding hydrogens is 292 g/mol. The molecule has 1 nitrogen and oxygen atoms in total. The van der Waals surface area contributed by atoms with Crippen molar-refractivity contribution in [2.75, 3.05) is 0 Å². The first-order valence-corrected chi connectivity index (χ1v) is 9.74. The zero-order valence-electron chi connectivity index (χ0n) is 16.3. The Morgan fingerprint density at radius 3 is 2.42 bits per heavy atom. The van der Waals surface area contributed by atoms with Crippen LogP contribution in [-0.2, 0) is 16.6 Å². The SMILES string of the molecule is Cc1cc(C)c2c(c1)C[C@H]1[C@]3(C)CCC(=O)C(C)(C)[C@H]3CC[C@]21C. The van der Waals surface area contributed by atoms with Crippen LogP contribution in [0, 0.1) is 36.5 Å². The molecule has 0 amide bonds. The molecule has 0 N–H and O–H groups in total. The Balaban J connectivity index is 1.84. The van der Waals surface area contributed by atoms with Crippen molar-refractivity contribution in [1.29, 1.82) is 0 Å². The predicted octanol–water partition coefficient (Wildman–Crippen LogP) is 5.54. The number of fused-ring (bicyclic) bond motifs is 5. The fourth-order valence-electron chi connectivity index (χ4n) is 7.36. The van der Waals surface area contributed by atoms with Gasteiger partial charge in [0.05, 0.1) is 0 Å². The zero-order chi connectivity index (χ0) is 17.5. The van der Waals surface area contributed by atoms with Gasteiger partial charge in [0.2, 0.25) is 0 Å². The number of aryl methyl sites for hydroxylation is 2. The van der Waals surface area contributed by atoms with Gasteiger partial charge in [-0.05, 0) is 78.9 Å². The summed E-state index contributed by atoms with van der Waals surface area (Å²) in [5, 5.41) is 0. The number of benzene rings is 1. The fourth-order valence-corrected chi connectivity index (χ4v) is 7.36. The third-order valence-corrected chi connectivity index (χ3v) is 8.35. The van der Waals surface area contributed by atoms with Crippen molar-refractivity contribution in [3.8, 4) is 0 Å². The topological polar surface area (TPSA) is 17.1 Å². The lowest BCUT2D eigenvalue weighted by Gasteiger charge is -2.60. The minimum atomic E-state index is -0.145. The Bertz CT molecular complexity index is 728. The van der Waals surface area contributed by atoms with E-state index >= 15 is 0 Å². The minimum Gasteiger partial charge on any atom is -0.299 e. The lowest BCUT2D eigenvalue weighted by Crippen LogP contribution is -2.57. The smallest absolute Gasteiger partial charge is 0.138 e. The van der Waals surface area contributed by atoms with Crippen molar-refractivity contribution in [3.63, 3.8) is 0 Å². The summed E-state index contributed by atoms with van der Waals surface area (Å²) in [7, 11) is 0. The molecule has 3 aliphatic carbocycles. The molecule has 0 aromatic heterocycles. The molecule has 0 saturated heterocycles. The molecule has 0 heterocycles. The van der Waals surface area contributed by atoms with Crippen LogP contribution >= 0.6 is 0 Å². The van der Waals surface area contributed by atoms with Crippen LogP contribution in [0.5, 0.6) is 0 Å². The number of carbonyl (C=O) groups excluding carboxylic acids is 1. The monoisotopic (exact) mass is 324 g/mol. The number of ketones is 1. The van der Waals surface area contributed by atoms with E-state index in [1.54, 1.807) is 11.1 Å². The Labute approximate surface area is 147 Å². The summed E-state index contributed by atoms with van der Waals surface area (Å²) in [4.78, 5) is 12.6. The van der Waals surface area contributed by atoms with E-state index in [0.717, 1.165) is 12.8 Å². The Morgan fingerprint density at radius 1 is 1.00 bits per heavy atom. The molecule has 0 radical (unpaired) electrons. The molecule has 1 heteroatoms. The van der Waals surface area contributed by atoms with Gasteiger partial charge in [0.25, 0.3) is 0 Å². The van der Waals surface area contributed by atoms with Crippen molar-refractivity contribution < 1.29 is 4.79 Å². The molecule has 0 spiro atoms. The van der Waals surface area contributed by atoms with Crippen LogP contribution in [0.4, 0.5) is 0 Å². The van der Waals surface area contributed by atoms with Gasteiger partial charge in [-0.25, -0.2) is 0 Å².